The van der Waals surface area contributed by atoms with E-state index in [0.29, 0.717) is 19.3 Å². The Balaban J connectivity index is 3.91. The van der Waals surface area contributed by atoms with Crippen molar-refractivity contribution in [1.29, 1.82) is 0 Å². The van der Waals surface area contributed by atoms with Crippen molar-refractivity contribution in [1.82, 2.24) is 0 Å². The van der Waals surface area contributed by atoms with E-state index in [1.807, 2.05) is 0 Å². The molecule has 0 aliphatic carbocycles. The van der Waals surface area contributed by atoms with Gasteiger partial charge in [-0.05, 0) is 19.3 Å². The van der Waals surface area contributed by atoms with E-state index in [-0.39, 0.29) is 31.1 Å². The van der Waals surface area contributed by atoms with Crippen LogP contribution in [0.1, 0.15) is 425 Å². The second kappa shape index (κ2) is 67.9. The van der Waals surface area contributed by atoms with E-state index < -0.39 is 6.10 Å². The lowest BCUT2D eigenvalue weighted by Gasteiger charge is -2.18. The molecule has 0 aliphatic heterocycles. The number of hydrogen-bond donors (Lipinski definition) is 0. The molecule has 0 aromatic rings. The van der Waals surface area contributed by atoms with Gasteiger partial charge in [0.1, 0.15) is 13.2 Å². The summed E-state index contributed by atoms with van der Waals surface area (Å²) < 4.78 is 16.9. The molecule has 464 valence electrons. The molecule has 0 aromatic carbocycles. The van der Waals surface area contributed by atoms with Crippen LogP contribution in [0.15, 0.2) is 0 Å². The standard InChI is InChI=1S/C72H140O6/c1-4-7-10-13-16-19-21-23-25-27-28-29-30-31-32-33-34-35-36-37-38-39-40-41-42-43-44-46-47-49-51-53-56-59-62-65-71(74)77-68-69(67-76-70(73)64-61-58-55-18-15-12-9-6-3)78-72(75)66-63-60-57-54-52-50-48-45-26-24-22-20-17-14-11-8-5-2/h69H,4-68H2,1-3H3. The molecule has 0 saturated carbocycles. The molecular weight excluding hydrogens is 961 g/mol. The maximum Gasteiger partial charge on any atom is 0.306 e. The summed E-state index contributed by atoms with van der Waals surface area (Å²) in [5.74, 6) is -0.832. The van der Waals surface area contributed by atoms with E-state index in [1.165, 1.54) is 327 Å². The average Bonchev–Trinajstić information content (AvgIpc) is 3.44. The second-order valence-electron chi connectivity index (χ2n) is 24.9. The first kappa shape index (κ1) is 76.4. The number of hydrogen-bond acceptors (Lipinski definition) is 6. The minimum atomic E-state index is -0.761. The second-order valence-corrected chi connectivity index (χ2v) is 24.9. The van der Waals surface area contributed by atoms with Gasteiger partial charge in [-0.25, -0.2) is 0 Å². The third-order valence-electron chi connectivity index (χ3n) is 16.9. The molecule has 6 heteroatoms. The van der Waals surface area contributed by atoms with Crippen LogP contribution in [-0.2, 0) is 28.6 Å². The fourth-order valence-corrected chi connectivity index (χ4v) is 11.5. The van der Waals surface area contributed by atoms with Crippen molar-refractivity contribution in [3.05, 3.63) is 0 Å². The van der Waals surface area contributed by atoms with E-state index in [1.54, 1.807) is 0 Å². The van der Waals surface area contributed by atoms with Gasteiger partial charge in [0.25, 0.3) is 0 Å². The van der Waals surface area contributed by atoms with E-state index >= 15 is 0 Å². The van der Waals surface area contributed by atoms with Gasteiger partial charge in [-0.1, -0.05) is 387 Å². The molecule has 0 bridgehead atoms. The first-order valence-corrected chi connectivity index (χ1v) is 36.0. The van der Waals surface area contributed by atoms with Gasteiger partial charge in [0.05, 0.1) is 0 Å². The minimum Gasteiger partial charge on any atom is -0.462 e. The van der Waals surface area contributed by atoms with Crippen LogP contribution in [0.25, 0.3) is 0 Å². The van der Waals surface area contributed by atoms with Crippen LogP contribution >= 0.6 is 0 Å². The van der Waals surface area contributed by atoms with Gasteiger partial charge < -0.3 is 14.2 Å². The number of ether oxygens (including phenoxy) is 3. The van der Waals surface area contributed by atoms with Gasteiger partial charge in [-0.15, -0.1) is 0 Å². The van der Waals surface area contributed by atoms with Crippen molar-refractivity contribution in [3.63, 3.8) is 0 Å². The van der Waals surface area contributed by atoms with E-state index in [4.69, 9.17) is 14.2 Å². The molecule has 0 radical (unpaired) electrons. The van der Waals surface area contributed by atoms with Crippen LogP contribution in [0, 0.1) is 0 Å². The van der Waals surface area contributed by atoms with Gasteiger partial charge in [-0.3, -0.25) is 14.4 Å². The van der Waals surface area contributed by atoms with Crippen molar-refractivity contribution in [2.75, 3.05) is 13.2 Å². The molecule has 0 N–H and O–H groups in total. The summed E-state index contributed by atoms with van der Waals surface area (Å²) in [6, 6.07) is 0. The predicted molar refractivity (Wildman–Crippen MR) is 340 cm³/mol. The number of carbonyl (C=O) groups excluding carboxylic acids is 3. The molecule has 0 aromatic heterocycles. The average molecular weight is 1100 g/mol. The summed E-state index contributed by atoms with van der Waals surface area (Å²) in [6.07, 6.45) is 80.4. The van der Waals surface area contributed by atoms with Gasteiger partial charge >= 0.3 is 17.9 Å². The summed E-state index contributed by atoms with van der Waals surface area (Å²) in [4.78, 5) is 38.2. The molecule has 78 heavy (non-hydrogen) atoms. The molecule has 0 fully saturated rings. The van der Waals surface area contributed by atoms with E-state index in [2.05, 4.69) is 20.8 Å². The lowest BCUT2D eigenvalue weighted by Crippen LogP contribution is -2.30. The van der Waals surface area contributed by atoms with Crippen molar-refractivity contribution >= 4 is 17.9 Å². The maximum absolute atomic E-state index is 12.9. The Hall–Kier alpha value is -1.59. The number of carbonyl (C=O) groups is 3. The highest BCUT2D eigenvalue weighted by atomic mass is 16.6. The molecule has 1 unspecified atom stereocenters. The van der Waals surface area contributed by atoms with Crippen LogP contribution < -0.4 is 0 Å². The molecule has 0 heterocycles. The van der Waals surface area contributed by atoms with Crippen molar-refractivity contribution < 1.29 is 28.6 Å². The highest BCUT2D eigenvalue weighted by Gasteiger charge is 2.20. The maximum atomic E-state index is 12.9. The summed E-state index contributed by atoms with van der Waals surface area (Å²) >= 11 is 0. The zero-order valence-electron chi connectivity index (χ0n) is 53.5. The van der Waals surface area contributed by atoms with Gasteiger partial charge in [0.15, 0.2) is 6.10 Å². The predicted octanol–water partition coefficient (Wildman–Crippen LogP) is 24.6. The Kier molecular flexibility index (Phi) is 66.5. The Labute approximate surface area is 488 Å². The van der Waals surface area contributed by atoms with Crippen LogP contribution in [0.2, 0.25) is 0 Å². The summed E-state index contributed by atoms with van der Waals surface area (Å²) in [5, 5.41) is 0. The highest BCUT2D eigenvalue weighted by Crippen LogP contribution is 2.20. The van der Waals surface area contributed by atoms with Crippen LogP contribution in [0.3, 0.4) is 0 Å². The first-order valence-electron chi connectivity index (χ1n) is 36.0. The van der Waals surface area contributed by atoms with E-state index in [9.17, 15) is 14.4 Å². The van der Waals surface area contributed by atoms with Crippen molar-refractivity contribution in [2.24, 2.45) is 0 Å². The fraction of sp³-hybridized carbons (Fsp3) is 0.958. The molecule has 0 aliphatic rings. The lowest BCUT2D eigenvalue weighted by molar-refractivity contribution is -0.167. The van der Waals surface area contributed by atoms with E-state index in [0.717, 1.165) is 57.8 Å². The van der Waals surface area contributed by atoms with Crippen molar-refractivity contribution in [3.8, 4) is 0 Å². The third-order valence-corrected chi connectivity index (χ3v) is 16.9. The highest BCUT2D eigenvalue weighted by molar-refractivity contribution is 5.71. The normalized spacial score (nSPS) is 11.9. The lowest BCUT2D eigenvalue weighted by atomic mass is 10.0. The van der Waals surface area contributed by atoms with Crippen LogP contribution in [-0.4, -0.2) is 37.2 Å². The van der Waals surface area contributed by atoms with Gasteiger partial charge in [0.2, 0.25) is 0 Å². The largest absolute Gasteiger partial charge is 0.462 e. The summed E-state index contributed by atoms with van der Waals surface area (Å²) in [6.45, 7) is 6.70. The zero-order chi connectivity index (χ0) is 56.4. The van der Waals surface area contributed by atoms with Gasteiger partial charge in [-0.2, -0.15) is 0 Å². The smallest absolute Gasteiger partial charge is 0.306 e. The van der Waals surface area contributed by atoms with Crippen molar-refractivity contribution in [2.45, 2.75) is 431 Å². The molecule has 0 saturated heterocycles. The Morgan fingerprint density at radius 1 is 0.205 bits per heavy atom. The molecule has 0 amide bonds. The molecule has 0 rings (SSSR count). The van der Waals surface area contributed by atoms with Gasteiger partial charge in [0, 0.05) is 19.3 Å². The number of esters is 3. The minimum absolute atomic E-state index is 0.0612. The first-order chi connectivity index (χ1) is 38.5. The fourth-order valence-electron chi connectivity index (χ4n) is 11.5. The Morgan fingerprint density at radius 3 is 0.513 bits per heavy atom. The topological polar surface area (TPSA) is 78.9 Å². The third kappa shape index (κ3) is 65.2. The quantitative estimate of drug-likeness (QED) is 0.0343. The summed E-state index contributed by atoms with van der Waals surface area (Å²) in [5.41, 5.74) is 0. The van der Waals surface area contributed by atoms with Crippen LogP contribution in [0.4, 0.5) is 0 Å². The SMILES string of the molecule is CCCCCCCCCCCCCCCCCCCCCCCCCCCCCCCCCCCCCC(=O)OCC(COC(=O)CCCCCCCCCC)OC(=O)CCCCCCCCCCCCCCCCCCC. The Bertz CT molecular complexity index is 1170. The van der Waals surface area contributed by atoms with Crippen LogP contribution in [0.5, 0.6) is 0 Å². The zero-order valence-corrected chi connectivity index (χ0v) is 53.5. The number of rotatable bonds is 68. The molecular formula is C72H140O6. The molecule has 6 nitrogen and oxygen atoms in total. The Morgan fingerprint density at radius 2 is 0.346 bits per heavy atom. The molecule has 1 atom stereocenters. The summed E-state index contributed by atoms with van der Waals surface area (Å²) in [7, 11) is 0. The monoisotopic (exact) mass is 1100 g/mol. The molecule has 0 spiro atoms. The number of unbranched alkanes of at least 4 members (excludes halogenated alkanes) is 57.